The molecular weight excluding hydrogens is 178 g/mol. The van der Waals surface area contributed by atoms with Gasteiger partial charge in [0.1, 0.15) is 5.69 Å². The lowest BCUT2D eigenvalue weighted by Gasteiger charge is -1.92. The van der Waals surface area contributed by atoms with E-state index in [1.807, 2.05) is 0 Å². The molecule has 12 heavy (non-hydrogen) atoms. The zero-order chi connectivity index (χ0) is 9.14. The van der Waals surface area contributed by atoms with E-state index in [-0.39, 0.29) is 5.71 Å². The first-order chi connectivity index (χ1) is 5.65. The molecule has 64 valence electrons. The molecule has 0 aromatic carbocycles. The number of hydrogen-bond donors (Lipinski definition) is 2. The number of rotatable bonds is 2. The van der Waals surface area contributed by atoms with Crippen LogP contribution >= 0.6 is 11.3 Å². The highest BCUT2D eigenvalue weighted by atomic mass is 32.1. The number of amides is 1. The Hall–Kier alpha value is -1.43. The second-order valence-electron chi connectivity index (χ2n) is 2.06. The average Bonchev–Trinajstić information content (AvgIpc) is 2.37. The lowest BCUT2D eigenvalue weighted by Crippen LogP contribution is -2.24. The van der Waals surface area contributed by atoms with Gasteiger partial charge in [0.25, 0.3) is 5.91 Å². The maximum Gasteiger partial charge on any atom is 0.273 e. The number of carbonyl (C=O) groups excluding carboxylic acids is 1. The molecule has 6 heteroatoms. The van der Waals surface area contributed by atoms with Crippen molar-refractivity contribution in [1.29, 1.82) is 0 Å². The maximum atomic E-state index is 10.6. The highest BCUT2D eigenvalue weighted by Crippen LogP contribution is 2.08. The van der Waals surface area contributed by atoms with Crippen LogP contribution in [-0.4, -0.2) is 21.8 Å². The first-order valence-corrected chi connectivity index (χ1v) is 3.97. The molecule has 1 rings (SSSR count). The standard InChI is InChI=1S/C6H7N3O2S/c1-3-8-4(2-12-3)5(9-11)6(7)10/h2,11H,1H3,(H2,7,10)/b9-5-. The van der Waals surface area contributed by atoms with Crippen molar-refractivity contribution in [2.45, 2.75) is 6.92 Å². The highest BCUT2D eigenvalue weighted by molar-refractivity contribution is 7.09. The third-order valence-electron chi connectivity index (χ3n) is 1.20. The second-order valence-corrected chi connectivity index (χ2v) is 3.13. The minimum absolute atomic E-state index is 0.209. The summed E-state index contributed by atoms with van der Waals surface area (Å²) in [5.74, 6) is -0.789. The quantitative estimate of drug-likeness (QED) is 0.389. The van der Waals surface area contributed by atoms with E-state index in [2.05, 4.69) is 10.1 Å². The Balaban J connectivity index is 3.04. The molecule has 1 aromatic heterocycles. The summed E-state index contributed by atoms with van der Waals surface area (Å²) in [6, 6.07) is 0. The minimum Gasteiger partial charge on any atom is -0.410 e. The van der Waals surface area contributed by atoms with E-state index in [4.69, 9.17) is 10.9 Å². The van der Waals surface area contributed by atoms with E-state index in [0.29, 0.717) is 5.69 Å². The second kappa shape index (κ2) is 3.31. The van der Waals surface area contributed by atoms with Crippen LogP contribution in [-0.2, 0) is 4.79 Å². The number of thiazole rings is 1. The van der Waals surface area contributed by atoms with Gasteiger partial charge < -0.3 is 10.9 Å². The molecule has 1 amide bonds. The summed E-state index contributed by atoms with van der Waals surface area (Å²) in [6.45, 7) is 1.78. The van der Waals surface area contributed by atoms with Crippen molar-refractivity contribution in [1.82, 2.24) is 4.98 Å². The van der Waals surface area contributed by atoms with Crippen molar-refractivity contribution in [3.63, 3.8) is 0 Å². The van der Waals surface area contributed by atoms with Crippen LogP contribution < -0.4 is 5.73 Å². The molecule has 1 aromatic rings. The van der Waals surface area contributed by atoms with Crippen LogP contribution in [0, 0.1) is 6.92 Å². The van der Waals surface area contributed by atoms with Crippen molar-refractivity contribution in [3.8, 4) is 0 Å². The number of nitrogens with two attached hydrogens (primary N) is 1. The van der Waals surface area contributed by atoms with Crippen molar-refractivity contribution in [3.05, 3.63) is 16.1 Å². The van der Waals surface area contributed by atoms with Crippen LogP contribution in [0.25, 0.3) is 0 Å². The molecule has 0 spiro atoms. The smallest absolute Gasteiger partial charge is 0.273 e. The van der Waals surface area contributed by atoms with Crippen molar-refractivity contribution >= 4 is 23.0 Å². The van der Waals surface area contributed by atoms with Gasteiger partial charge in [-0.15, -0.1) is 11.3 Å². The molecule has 3 N–H and O–H groups in total. The van der Waals surface area contributed by atoms with Gasteiger partial charge in [0.15, 0.2) is 5.71 Å². The van der Waals surface area contributed by atoms with E-state index in [0.717, 1.165) is 5.01 Å². The molecule has 0 bridgehead atoms. The Morgan fingerprint density at radius 1 is 1.83 bits per heavy atom. The van der Waals surface area contributed by atoms with Gasteiger partial charge in [-0.2, -0.15) is 0 Å². The third kappa shape index (κ3) is 1.59. The normalized spacial score (nSPS) is 11.6. The Morgan fingerprint density at radius 2 is 2.50 bits per heavy atom. The van der Waals surface area contributed by atoms with Gasteiger partial charge in [-0.3, -0.25) is 4.79 Å². The summed E-state index contributed by atoms with van der Waals surface area (Å²) in [5.41, 5.74) is 5.03. The van der Waals surface area contributed by atoms with Crippen molar-refractivity contribution < 1.29 is 10.0 Å². The average molecular weight is 185 g/mol. The molecule has 0 atom stereocenters. The summed E-state index contributed by atoms with van der Waals surface area (Å²) >= 11 is 1.35. The predicted octanol–water partition coefficient (Wildman–Crippen LogP) is 0.115. The maximum absolute atomic E-state index is 10.6. The fraction of sp³-hybridized carbons (Fsp3) is 0.167. The summed E-state index contributed by atoms with van der Waals surface area (Å²) in [4.78, 5) is 14.6. The Kier molecular flexibility index (Phi) is 2.39. The number of carbonyl (C=O) groups is 1. The Labute approximate surface area is 72.5 Å². The molecule has 0 aliphatic heterocycles. The minimum atomic E-state index is -0.789. The molecule has 5 nitrogen and oxygen atoms in total. The van der Waals surface area contributed by atoms with Gasteiger partial charge in [-0.25, -0.2) is 4.98 Å². The molecule has 0 unspecified atom stereocenters. The fourth-order valence-electron chi connectivity index (χ4n) is 0.699. The van der Waals surface area contributed by atoms with Crippen LogP contribution in [0.4, 0.5) is 0 Å². The van der Waals surface area contributed by atoms with Crippen LogP contribution in [0.1, 0.15) is 10.7 Å². The summed E-state index contributed by atoms with van der Waals surface area (Å²) in [7, 11) is 0. The zero-order valence-electron chi connectivity index (χ0n) is 6.31. The van der Waals surface area contributed by atoms with E-state index in [1.54, 1.807) is 12.3 Å². The van der Waals surface area contributed by atoms with Crippen molar-refractivity contribution in [2.75, 3.05) is 0 Å². The SMILES string of the molecule is Cc1nc(/C(=N/O)C(N)=O)cs1. The summed E-state index contributed by atoms with van der Waals surface area (Å²) in [5, 5.41) is 13.6. The number of aryl methyl sites for hydroxylation is 1. The molecule has 0 aliphatic carbocycles. The van der Waals surface area contributed by atoms with Crippen LogP contribution in [0.15, 0.2) is 10.5 Å². The van der Waals surface area contributed by atoms with Gasteiger partial charge in [-0.05, 0) is 6.92 Å². The van der Waals surface area contributed by atoms with Crippen LogP contribution in [0.2, 0.25) is 0 Å². The van der Waals surface area contributed by atoms with Crippen molar-refractivity contribution in [2.24, 2.45) is 10.9 Å². The zero-order valence-corrected chi connectivity index (χ0v) is 7.13. The highest BCUT2D eigenvalue weighted by Gasteiger charge is 2.13. The van der Waals surface area contributed by atoms with Gasteiger partial charge in [-0.1, -0.05) is 5.16 Å². The summed E-state index contributed by atoms with van der Waals surface area (Å²) in [6.07, 6.45) is 0. The molecule has 0 saturated heterocycles. The Morgan fingerprint density at radius 3 is 2.83 bits per heavy atom. The Bertz CT molecular complexity index is 331. The first kappa shape index (κ1) is 8.66. The first-order valence-electron chi connectivity index (χ1n) is 3.09. The van der Waals surface area contributed by atoms with Gasteiger partial charge in [0, 0.05) is 5.38 Å². The number of nitrogens with zero attached hydrogens (tertiary/aromatic N) is 2. The molecule has 1 heterocycles. The monoisotopic (exact) mass is 185 g/mol. The molecular formula is C6H7N3O2S. The van der Waals surface area contributed by atoms with Gasteiger partial charge in [0.2, 0.25) is 0 Å². The van der Waals surface area contributed by atoms with Crippen LogP contribution in [0.5, 0.6) is 0 Å². The number of oxime groups is 1. The topological polar surface area (TPSA) is 88.6 Å². The number of hydrogen-bond acceptors (Lipinski definition) is 5. The van der Waals surface area contributed by atoms with Gasteiger partial charge >= 0.3 is 0 Å². The lowest BCUT2D eigenvalue weighted by molar-refractivity contribution is -0.112. The largest absolute Gasteiger partial charge is 0.410 e. The summed E-state index contributed by atoms with van der Waals surface area (Å²) < 4.78 is 0. The van der Waals surface area contributed by atoms with E-state index >= 15 is 0 Å². The molecule has 0 saturated carbocycles. The molecule has 0 aliphatic rings. The van der Waals surface area contributed by atoms with E-state index < -0.39 is 5.91 Å². The molecule has 0 fully saturated rings. The number of aromatic nitrogens is 1. The van der Waals surface area contributed by atoms with Gasteiger partial charge in [0.05, 0.1) is 5.01 Å². The van der Waals surface area contributed by atoms with Crippen LogP contribution in [0.3, 0.4) is 0 Å². The van der Waals surface area contributed by atoms with E-state index in [9.17, 15) is 4.79 Å². The van der Waals surface area contributed by atoms with E-state index in [1.165, 1.54) is 11.3 Å². The number of primary amides is 1. The lowest BCUT2D eigenvalue weighted by atomic mass is 10.3. The fourth-order valence-corrected chi connectivity index (χ4v) is 1.30. The molecule has 0 radical (unpaired) electrons. The third-order valence-corrected chi connectivity index (χ3v) is 1.97. The predicted molar refractivity (Wildman–Crippen MR) is 44.4 cm³/mol.